The number of alkyl halides is 1. The Morgan fingerprint density at radius 2 is 2.54 bits per heavy atom. The summed E-state index contributed by atoms with van der Waals surface area (Å²) in [6.07, 6.45) is 3.24. The van der Waals surface area contributed by atoms with Crippen LogP contribution in [-0.2, 0) is 9.53 Å². The molecule has 1 aliphatic rings. The first-order chi connectivity index (χ1) is 6.24. The second-order valence-electron chi connectivity index (χ2n) is 3.26. The summed E-state index contributed by atoms with van der Waals surface area (Å²) in [7, 11) is 0. The number of rotatable bonds is 4. The Morgan fingerprint density at radius 3 is 3.08 bits per heavy atom. The van der Waals surface area contributed by atoms with Crippen molar-refractivity contribution >= 4 is 21.8 Å². The first-order valence-corrected chi connectivity index (χ1v) is 5.69. The minimum atomic E-state index is -0.0612. The van der Waals surface area contributed by atoms with Gasteiger partial charge in [0.15, 0.2) is 0 Å². The third kappa shape index (κ3) is 3.65. The van der Waals surface area contributed by atoms with Crippen molar-refractivity contribution in [1.82, 2.24) is 5.32 Å². The van der Waals surface area contributed by atoms with E-state index in [2.05, 4.69) is 21.2 Å². The lowest BCUT2D eigenvalue weighted by Crippen LogP contribution is -2.36. The molecule has 1 amide bonds. The van der Waals surface area contributed by atoms with Crippen LogP contribution >= 0.6 is 15.9 Å². The zero-order valence-corrected chi connectivity index (χ0v) is 9.47. The van der Waals surface area contributed by atoms with Crippen LogP contribution in [0.1, 0.15) is 26.2 Å². The molecule has 2 atom stereocenters. The van der Waals surface area contributed by atoms with Crippen LogP contribution in [0.4, 0.5) is 0 Å². The minimum Gasteiger partial charge on any atom is -0.376 e. The van der Waals surface area contributed by atoms with E-state index in [1.807, 2.05) is 6.92 Å². The van der Waals surface area contributed by atoms with Gasteiger partial charge >= 0.3 is 0 Å². The molecule has 0 aliphatic carbocycles. The van der Waals surface area contributed by atoms with Crippen molar-refractivity contribution in [1.29, 1.82) is 0 Å². The van der Waals surface area contributed by atoms with Crippen LogP contribution in [0, 0.1) is 0 Å². The Balaban J connectivity index is 2.13. The van der Waals surface area contributed by atoms with E-state index < -0.39 is 0 Å². The fourth-order valence-corrected chi connectivity index (χ4v) is 1.48. The molecule has 1 saturated heterocycles. The van der Waals surface area contributed by atoms with Crippen molar-refractivity contribution in [2.75, 3.05) is 13.2 Å². The van der Waals surface area contributed by atoms with Gasteiger partial charge in [-0.3, -0.25) is 4.79 Å². The first-order valence-electron chi connectivity index (χ1n) is 4.77. The summed E-state index contributed by atoms with van der Waals surface area (Å²) >= 11 is 3.30. The van der Waals surface area contributed by atoms with Crippen LogP contribution < -0.4 is 5.32 Å². The predicted octanol–water partition coefficient (Wildman–Crippen LogP) is 1.46. The number of ether oxygens (including phenoxy) is 1. The highest BCUT2D eigenvalue weighted by Gasteiger charge is 2.18. The van der Waals surface area contributed by atoms with Crippen LogP contribution in [0.3, 0.4) is 0 Å². The van der Waals surface area contributed by atoms with Gasteiger partial charge in [0, 0.05) is 13.2 Å². The zero-order valence-electron chi connectivity index (χ0n) is 7.88. The van der Waals surface area contributed by atoms with Gasteiger partial charge in [0.2, 0.25) is 5.91 Å². The lowest BCUT2D eigenvalue weighted by Gasteiger charge is -2.12. The molecule has 13 heavy (non-hydrogen) atoms. The van der Waals surface area contributed by atoms with Gasteiger partial charge in [-0.15, -0.1) is 0 Å². The number of hydrogen-bond donors (Lipinski definition) is 1. The van der Waals surface area contributed by atoms with Crippen molar-refractivity contribution in [3.8, 4) is 0 Å². The van der Waals surface area contributed by atoms with Crippen LogP contribution in [0.2, 0.25) is 0 Å². The Morgan fingerprint density at radius 1 is 1.77 bits per heavy atom. The van der Waals surface area contributed by atoms with Crippen molar-refractivity contribution in [3.63, 3.8) is 0 Å². The van der Waals surface area contributed by atoms with E-state index >= 15 is 0 Å². The summed E-state index contributed by atoms with van der Waals surface area (Å²) in [6, 6.07) is 0. The van der Waals surface area contributed by atoms with Crippen LogP contribution in [0.25, 0.3) is 0 Å². The van der Waals surface area contributed by atoms with Crippen LogP contribution in [0.15, 0.2) is 0 Å². The minimum absolute atomic E-state index is 0.0612. The summed E-state index contributed by atoms with van der Waals surface area (Å²) < 4.78 is 5.39. The molecule has 4 heteroatoms. The van der Waals surface area contributed by atoms with Gasteiger partial charge < -0.3 is 10.1 Å². The number of amides is 1. The van der Waals surface area contributed by atoms with Gasteiger partial charge in [-0.05, 0) is 19.3 Å². The largest absolute Gasteiger partial charge is 0.376 e. The maximum atomic E-state index is 11.3. The van der Waals surface area contributed by atoms with E-state index in [0.717, 1.165) is 25.9 Å². The number of carbonyl (C=O) groups excluding carboxylic acids is 1. The molecule has 1 rings (SSSR count). The van der Waals surface area contributed by atoms with Gasteiger partial charge in [0.1, 0.15) is 0 Å². The fraction of sp³-hybridized carbons (Fsp3) is 0.889. The van der Waals surface area contributed by atoms with Crippen LogP contribution in [0.5, 0.6) is 0 Å². The summed E-state index contributed by atoms with van der Waals surface area (Å²) in [4.78, 5) is 11.3. The standard InChI is InChI=1S/C9H16BrNO2/c1-2-8(10)9(12)11-6-7-4-3-5-13-7/h7-8H,2-6H2,1H3,(H,11,12)/t7-,8-/m1/s1. The number of halogens is 1. The Bertz CT molecular complexity index is 169. The second kappa shape index (κ2) is 5.60. The van der Waals surface area contributed by atoms with E-state index in [9.17, 15) is 4.79 Å². The number of carbonyl (C=O) groups is 1. The van der Waals surface area contributed by atoms with E-state index in [1.54, 1.807) is 0 Å². The molecule has 0 aromatic rings. The van der Waals surface area contributed by atoms with Crippen molar-refractivity contribution in [3.05, 3.63) is 0 Å². The molecule has 0 aromatic carbocycles. The molecule has 0 bridgehead atoms. The predicted molar refractivity (Wildman–Crippen MR) is 55.0 cm³/mol. The van der Waals surface area contributed by atoms with E-state index in [1.165, 1.54) is 0 Å². The van der Waals surface area contributed by atoms with Gasteiger partial charge in [-0.25, -0.2) is 0 Å². The molecular weight excluding hydrogens is 234 g/mol. The fourth-order valence-electron chi connectivity index (χ4n) is 1.32. The van der Waals surface area contributed by atoms with E-state index in [4.69, 9.17) is 4.74 Å². The molecule has 1 aliphatic heterocycles. The maximum Gasteiger partial charge on any atom is 0.233 e. The average molecular weight is 250 g/mol. The number of hydrogen-bond acceptors (Lipinski definition) is 2. The van der Waals surface area contributed by atoms with E-state index in [0.29, 0.717) is 6.54 Å². The molecule has 1 heterocycles. The molecule has 1 fully saturated rings. The Labute approximate surface area is 87.3 Å². The maximum absolute atomic E-state index is 11.3. The lowest BCUT2D eigenvalue weighted by molar-refractivity contribution is -0.121. The van der Waals surface area contributed by atoms with Gasteiger partial charge in [0.05, 0.1) is 10.9 Å². The van der Waals surface area contributed by atoms with Crippen molar-refractivity contribution in [2.45, 2.75) is 37.1 Å². The zero-order chi connectivity index (χ0) is 9.68. The van der Waals surface area contributed by atoms with Crippen LogP contribution in [-0.4, -0.2) is 30.0 Å². The average Bonchev–Trinajstić information content (AvgIpc) is 2.65. The molecule has 0 aromatic heterocycles. The quantitative estimate of drug-likeness (QED) is 0.767. The topological polar surface area (TPSA) is 38.3 Å². The summed E-state index contributed by atoms with van der Waals surface area (Å²) in [6.45, 7) is 3.47. The first kappa shape index (κ1) is 11.0. The lowest BCUT2D eigenvalue weighted by atomic mass is 10.2. The molecule has 0 saturated carbocycles. The second-order valence-corrected chi connectivity index (χ2v) is 4.36. The highest BCUT2D eigenvalue weighted by atomic mass is 79.9. The molecule has 0 spiro atoms. The van der Waals surface area contributed by atoms with Gasteiger partial charge in [-0.1, -0.05) is 22.9 Å². The highest BCUT2D eigenvalue weighted by Crippen LogP contribution is 2.11. The normalized spacial score (nSPS) is 24.3. The smallest absolute Gasteiger partial charge is 0.233 e. The molecule has 0 unspecified atom stereocenters. The summed E-state index contributed by atoms with van der Waals surface area (Å²) in [5.74, 6) is 0.0676. The van der Waals surface area contributed by atoms with Gasteiger partial charge in [0.25, 0.3) is 0 Å². The van der Waals surface area contributed by atoms with Crippen molar-refractivity contribution in [2.24, 2.45) is 0 Å². The molecule has 0 radical (unpaired) electrons. The Kier molecular flexibility index (Phi) is 4.73. The van der Waals surface area contributed by atoms with Gasteiger partial charge in [-0.2, -0.15) is 0 Å². The third-order valence-electron chi connectivity index (χ3n) is 2.17. The summed E-state index contributed by atoms with van der Waals surface area (Å²) in [5.41, 5.74) is 0. The van der Waals surface area contributed by atoms with E-state index in [-0.39, 0.29) is 16.8 Å². The third-order valence-corrected chi connectivity index (χ3v) is 3.23. The molecule has 1 N–H and O–H groups in total. The SMILES string of the molecule is CC[C@@H](Br)C(=O)NC[C@H]1CCCO1. The molecule has 76 valence electrons. The van der Waals surface area contributed by atoms with Crippen molar-refractivity contribution < 1.29 is 9.53 Å². The number of nitrogens with one attached hydrogen (secondary N) is 1. The highest BCUT2D eigenvalue weighted by molar-refractivity contribution is 9.10. The molecular formula is C9H16BrNO2. The summed E-state index contributed by atoms with van der Waals surface area (Å²) in [5, 5.41) is 2.86. The molecule has 3 nitrogen and oxygen atoms in total. The Hall–Kier alpha value is -0.0900. The monoisotopic (exact) mass is 249 g/mol.